The van der Waals surface area contributed by atoms with Crippen molar-refractivity contribution in [3.63, 3.8) is 0 Å². The summed E-state index contributed by atoms with van der Waals surface area (Å²) in [5.74, 6) is 0. The van der Waals surface area contributed by atoms with Gasteiger partial charge in [-0.1, -0.05) is 28.9 Å². The van der Waals surface area contributed by atoms with Gasteiger partial charge in [0.15, 0.2) is 0 Å². The highest BCUT2D eigenvalue weighted by molar-refractivity contribution is 9.09. The molecule has 1 nitrogen and oxygen atoms in total. The lowest BCUT2D eigenvalue weighted by molar-refractivity contribution is 0.493. The van der Waals surface area contributed by atoms with Crippen LogP contribution >= 0.6 is 27.3 Å². The molecule has 0 amide bonds. The molecule has 1 aromatic rings. The van der Waals surface area contributed by atoms with Crippen LogP contribution in [0.4, 0.5) is 0 Å². The molecule has 0 aromatic carbocycles. The van der Waals surface area contributed by atoms with E-state index in [0.717, 1.165) is 18.3 Å². The highest BCUT2D eigenvalue weighted by Gasteiger charge is 2.03. The van der Waals surface area contributed by atoms with Crippen LogP contribution in [0.5, 0.6) is 0 Å². The average molecular weight is 276 g/mol. The molecule has 0 aliphatic rings. The number of thiophene rings is 1. The predicted octanol–water partition coefficient (Wildman–Crippen LogP) is 3.44. The quantitative estimate of drug-likeness (QED) is 0.752. The minimum absolute atomic E-state index is 0.675. The first-order chi connectivity index (χ1) is 6.86. The zero-order chi connectivity index (χ0) is 10.2. The first-order valence-corrected chi connectivity index (χ1v) is 7.18. The van der Waals surface area contributed by atoms with Crippen LogP contribution in [0.1, 0.15) is 24.6 Å². The first-order valence-electron chi connectivity index (χ1n) is 5.18. The number of nitrogens with one attached hydrogen (secondary N) is 1. The topological polar surface area (TPSA) is 12.0 Å². The van der Waals surface area contributed by atoms with E-state index in [9.17, 15) is 0 Å². The van der Waals surface area contributed by atoms with Crippen molar-refractivity contribution >= 4 is 27.3 Å². The summed E-state index contributed by atoms with van der Waals surface area (Å²) in [7, 11) is 0. The fraction of sp³-hybridized carbons (Fsp3) is 0.636. The Morgan fingerprint density at radius 2 is 2.43 bits per heavy atom. The van der Waals surface area contributed by atoms with Crippen molar-refractivity contribution < 1.29 is 0 Å². The summed E-state index contributed by atoms with van der Waals surface area (Å²) in [6, 6.07) is 5.00. The van der Waals surface area contributed by atoms with Gasteiger partial charge in [-0.15, -0.1) is 11.3 Å². The van der Waals surface area contributed by atoms with E-state index in [1.807, 2.05) is 11.3 Å². The molecule has 1 rings (SSSR count). The van der Waals surface area contributed by atoms with Gasteiger partial charge in [-0.25, -0.2) is 0 Å². The normalized spacial score (nSPS) is 13.0. The SMILES string of the molecule is CCC(CCBr)NCCc1cccs1. The van der Waals surface area contributed by atoms with E-state index < -0.39 is 0 Å². The van der Waals surface area contributed by atoms with E-state index in [1.54, 1.807) is 0 Å². The highest BCUT2D eigenvalue weighted by atomic mass is 79.9. The van der Waals surface area contributed by atoms with Crippen molar-refractivity contribution in [1.82, 2.24) is 5.32 Å². The van der Waals surface area contributed by atoms with E-state index in [0.29, 0.717) is 6.04 Å². The molecule has 0 bridgehead atoms. The van der Waals surface area contributed by atoms with Crippen molar-refractivity contribution in [2.75, 3.05) is 11.9 Å². The Morgan fingerprint density at radius 3 is 3.00 bits per heavy atom. The van der Waals surface area contributed by atoms with Crippen LogP contribution in [0.25, 0.3) is 0 Å². The monoisotopic (exact) mass is 275 g/mol. The Balaban J connectivity index is 2.13. The Labute approximate surface area is 99.0 Å². The third kappa shape index (κ3) is 4.58. The minimum Gasteiger partial charge on any atom is -0.314 e. The fourth-order valence-electron chi connectivity index (χ4n) is 1.44. The molecule has 0 aliphatic heterocycles. The zero-order valence-corrected chi connectivity index (χ0v) is 11.0. The standard InChI is InChI=1S/C11H18BrNS/c1-2-10(5-7-12)13-8-6-11-4-3-9-14-11/h3-4,9-10,13H,2,5-8H2,1H3. The molecule has 0 spiro atoms. The molecule has 0 saturated carbocycles. The molecule has 80 valence electrons. The molecule has 0 radical (unpaired) electrons. The number of rotatable bonds is 7. The summed E-state index contributed by atoms with van der Waals surface area (Å²) >= 11 is 5.33. The fourth-order valence-corrected chi connectivity index (χ4v) is 2.70. The molecule has 1 heterocycles. The number of hydrogen-bond donors (Lipinski definition) is 1. The van der Waals surface area contributed by atoms with Gasteiger partial charge >= 0.3 is 0 Å². The van der Waals surface area contributed by atoms with Crippen molar-refractivity contribution in [2.24, 2.45) is 0 Å². The van der Waals surface area contributed by atoms with Crippen LogP contribution in [-0.2, 0) is 6.42 Å². The van der Waals surface area contributed by atoms with E-state index in [-0.39, 0.29) is 0 Å². The second kappa shape index (κ2) is 7.43. The molecule has 1 N–H and O–H groups in total. The van der Waals surface area contributed by atoms with Gasteiger partial charge in [0.05, 0.1) is 0 Å². The molecular formula is C11H18BrNS. The average Bonchev–Trinajstić information content (AvgIpc) is 2.69. The number of alkyl halides is 1. The van der Waals surface area contributed by atoms with Crippen LogP contribution in [0.2, 0.25) is 0 Å². The van der Waals surface area contributed by atoms with Gasteiger partial charge in [-0.2, -0.15) is 0 Å². The zero-order valence-electron chi connectivity index (χ0n) is 8.63. The van der Waals surface area contributed by atoms with Crippen LogP contribution in [0.15, 0.2) is 17.5 Å². The van der Waals surface area contributed by atoms with Crippen molar-refractivity contribution in [1.29, 1.82) is 0 Å². The molecular weight excluding hydrogens is 258 g/mol. The van der Waals surface area contributed by atoms with Gasteiger partial charge in [0.25, 0.3) is 0 Å². The second-order valence-electron chi connectivity index (χ2n) is 3.37. The summed E-state index contributed by atoms with van der Waals surface area (Å²) < 4.78 is 0. The Bertz CT molecular complexity index is 223. The second-order valence-corrected chi connectivity index (χ2v) is 5.19. The maximum absolute atomic E-state index is 3.59. The van der Waals surface area contributed by atoms with E-state index in [4.69, 9.17) is 0 Å². The molecule has 0 fully saturated rings. The molecule has 1 atom stereocenters. The molecule has 14 heavy (non-hydrogen) atoms. The smallest absolute Gasteiger partial charge is 0.00725 e. The van der Waals surface area contributed by atoms with Crippen molar-refractivity contribution in [3.05, 3.63) is 22.4 Å². The minimum atomic E-state index is 0.675. The Hall–Kier alpha value is 0.140. The molecule has 1 aromatic heterocycles. The van der Waals surface area contributed by atoms with Gasteiger partial charge < -0.3 is 5.32 Å². The van der Waals surface area contributed by atoms with Crippen molar-refractivity contribution in [2.45, 2.75) is 32.2 Å². The number of halogens is 1. The van der Waals surface area contributed by atoms with Crippen LogP contribution in [0.3, 0.4) is 0 Å². The molecule has 3 heteroatoms. The summed E-state index contributed by atoms with van der Waals surface area (Å²) in [4.78, 5) is 1.48. The lowest BCUT2D eigenvalue weighted by atomic mass is 10.1. The maximum atomic E-state index is 3.59. The van der Waals surface area contributed by atoms with Crippen LogP contribution < -0.4 is 5.32 Å². The predicted molar refractivity (Wildman–Crippen MR) is 68.5 cm³/mol. The maximum Gasteiger partial charge on any atom is 0.00725 e. The third-order valence-corrected chi connectivity index (χ3v) is 3.73. The van der Waals surface area contributed by atoms with E-state index >= 15 is 0 Å². The summed E-state index contributed by atoms with van der Waals surface area (Å²) in [6.45, 7) is 3.34. The van der Waals surface area contributed by atoms with Gasteiger partial charge in [0.2, 0.25) is 0 Å². The van der Waals surface area contributed by atoms with Gasteiger partial charge in [-0.3, -0.25) is 0 Å². The first kappa shape index (κ1) is 12.2. The Morgan fingerprint density at radius 1 is 1.57 bits per heavy atom. The van der Waals surface area contributed by atoms with Gasteiger partial charge in [0, 0.05) is 22.8 Å². The van der Waals surface area contributed by atoms with Crippen molar-refractivity contribution in [3.8, 4) is 0 Å². The lowest BCUT2D eigenvalue weighted by Crippen LogP contribution is -2.30. The summed E-state index contributed by atoms with van der Waals surface area (Å²) in [6.07, 6.45) is 3.60. The third-order valence-electron chi connectivity index (χ3n) is 2.33. The lowest BCUT2D eigenvalue weighted by Gasteiger charge is -2.14. The summed E-state index contributed by atoms with van der Waals surface area (Å²) in [5.41, 5.74) is 0. The van der Waals surface area contributed by atoms with Crippen LogP contribution in [0, 0.1) is 0 Å². The number of hydrogen-bond acceptors (Lipinski definition) is 2. The largest absolute Gasteiger partial charge is 0.314 e. The van der Waals surface area contributed by atoms with E-state index in [1.165, 1.54) is 17.7 Å². The molecule has 0 aliphatic carbocycles. The molecule has 1 unspecified atom stereocenters. The Kier molecular flexibility index (Phi) is 6.48. The van der Waals surface area contributed by atoms with Gasteiger partial charge in [-0.05, 0) is 30.7 Å². The van der Waals surface area contributed by atoms with Gasteiger partial charge in [0.1, 0.15) is 0 Å². The van der Waals surface area contributed by atoms with E-state index in [2.05, 4.69) is 45.7 Å². The van der Waals surface area contributed by atoms with Crippen LogP contribution in [-0.4, -0.2) is 17.9 Å². The highest BCUT2D eigenvalue weighted by Crippen LogP contribution is 2.08. The molecule has 0 saturated heterocycles. The summed E-state index contributed by atoms with van der Waals surface area (Å²) in [5, 5.41) is 6.82.